The molecule has 0 radical (unpaired) electrons. The summed E-state index contributed by atoms with van der Waals surface area (Å²) in [6.45, 7) is 5.51. The molecule has 5 rings (SSSR count). The van der Waals surface area contributed by atoms with Gasteiger partial charge in [0, 0.05) is 39.1 Å². The van der Waals surface area contributed by atoms with Crippen LogP contribution in [0.4, 0.5) is 0 Å². The zero-order valence-electron chi connectivity index (χ0n) is 20.7. The highest BCUT2D eigenvalue weighted by molar-refractivity contribution is 5.87. The van der Waals surface area contributed by atoms with Gasteiger partial charge in [0.05, 0.1) is 11.6 Å². The fourth-order valence-corrected chi connectivity index (χ4v) is 6.21. The molecule has 35 heavy (non-hydrogen) atoms. The Labute approximate surface area is 209 Å². The lowest BCUT2D eigenvalue weighted by Crippen LogP contribution is -2.59. The maximum Gasteiger partial charge on any atom is 0.241 e. The predicted octanol–water partition coefficient (Wildman–Crippen LogP) is 3.17. The van der Waals surface area contributed by atoms with Crippen LogP contribution in [0.5, 0.6) is 0 Å². The standard InChI is InChI=1S/C29H37N5O/c1-33-12-14-34(15-13-33)20-22-4-9-25(10-5-22)24-7-2-21(3-8-24)17-27(19-30)32-28(35)29(31)18-23-6-11-26(29)16-23/h2-5,7-10,23,26-27H,6,11-18,20,31H2,1H3,(H,32,35). The van der Waals surface area contributed by atoms with E-state index in [-0.39, 0.29) is 11.8 Å². The second kappa shape index (κ2) is 10.1. The molecule has 0 spiro atoms. The lowest BCUT2D eigenvalue weighted by molar-refractivity contribution is -0.128. The van der Waals surface area contributed by atoms with Gasteiger partial charge in [-0.1, -0.05) is 55.0 Å². The van der Waals surface area contributed by atoms with Crippen molar-refractivity contribution < 1.29 is 4.79 Å². The number of rotatable bonds is 7. The van der Waals surface area contributed by atoms with Gasteiger partial charge in [0.2, 0.25) is 5.91 Å². The summed E-state index contributed by atoms with van der Waals surface area (Å²) in [5, 5.41) is 12.6. The van der Waals surface area contributed by atoms with E-state index >= 15 is 0 Å². The number of amides is 1. The molecule has 4 atom stereocenters. The molecule has 1 saturated heterocycles. The number of benzene rings is 2. The molecule has 3 aliphatic rings. The van der Waals surface area contributed by atoms with Crippen LogP contribution in [0, 0.1) is 23.2 Å². The van der Waals surface area contributed by atoms with Crippen LogP contribution in [0.2, 0.25) is 0 Å². The van der Waals surface area contributed by atoms with Crippen molar-refractivity contribution in [2.24, 2.45) is 17.6 Å². The number of nitrogens with one attached hydrogen (secondary N) is 1. The topological polar surface area (TPSA) is 85.4 Å². The zero-order chi connectivity index (χ0) is 24.4. The first-order valence-electron chi connectivity index (χ1n) is 13.0. The Morgan fingerprint density at radius 2 is 1.69 bits per heavy atom. The van der Waals surface area contributed by atoms with Crippen molar-refractivity contribution in [1.29, 1.82) is 5.26 Å². The van der Waals surface area contributed by atoms with E-state index in [4.69, 9.17) is 5.73 Å². The van der Waals surface area contributed by atoms with E-state index in [2.05, 4.69) is 76.8 Å². The Bertz CT molecular complexity index is 1070. The SMILES string of the molecule is CN1CCN(Cc2ccc(-c3ccc(CC(C#N)NC(=O)C4(N)CC5CCC4C5)cc3)cc2)CC1. The smallest absolute Gasteiger partial charge is 0.241 e. The van der Waals surface area contributed by atoms with Gasteiger partial charge in [0.25, 0.3) is 0 Å². The summed E-state index contributed by atoms with van der Waals surface area (Å²) in [5.74, 6) is 0.688. The third-order valence-corrected chi connectivity index (χ3v) is 8.46. The van der Waals surface area contributed by atoms with Gasteiger partial charge in [-0.05, 0) is 60.4 Å². The monoisotopic (exact) mass is 471 g/mol. The van der Waals surface area contributed by atoms with Crippen molar-refractivity contribution >= 4 is 5.91 Å². The summed E-state index contributed by atoms with van der Waals surface area (Å²) in [7, 11) is 2.18. The summed E-state index contributed by atoms with van der Waals surface area (Å²) in [4.78, 5) is 17.8. The van der Waals surface area contributed by atoms with Crippen molar-refractivity contribution in [1.82, 2.24) is 15.1 Å². The molecule has 3 N–H and O–H groups in total. The number of nitrogens with two attached hydrogens (primary N) is 1. The van der Waals surface area contributed by atoms with Crippen LogP contribution in [0.3, 0.4) is 0 Å². The number of carbonyl (C=O) groups excluding carboxylic acids is 1. The van der Waals surface area contributed by atoms with Gasteiger partial charge in [-0.3, -0.25) is 9.69 Å². The van der Waals surface area contributed by atoms with Gasteiger partial charge in [-0.15, -0.1) is 0 Å². The van der Waals surface area contributed by atoms with Gasteiger partial charge < -0.3 is 16.0 Å². The highest BCUT2D eigenvalue weighted by Gasteiger charge is 2.53. The van der Waals surface area contributed by atoms with E-state index in [9.17, 15) is 10.1 Å². The van der Waals surface area contributed by atoms with Crippen LogP contribution in [-0.4, -0.2) is 60.5 Å². The highest BCUT2D eigenvalue weighted by Crippen LogP contribution is 2.49. The molecule has 184 valence electrons. The highest BCUT2D eigenvalue weighted by atomic mass is 16.2. The van der Waals surface area contributed by atoms with Gasteiger partial charge >= 0.3 is 0 Å². The van der Waals surface area contributed by atoms with Gasteiger partial charge in [-0.25, -0.2) is 0 Å². The van der Waals surface area contributed by atoms with Crippen LogP contribution in [-0.2, 0) is 17.8 Å². The molecule has 4 unspecified atom stereocenters. The minimum Gasteiger partial charge on any atom is -0.338 e. The molecule has 2 aromatic carbocycles. The van der Waals surface area contributed by atoms with Crippen LogP contribution in [0.25, 0.3) is 11.1 Å². The summed E-state index contributed by atoms with van der Waals surface area (Å²) in [6.07, 6.45) is 4.51. The summed E-state index contributed by atoms with van der Waals surface area (Å²) < 4.78 is 0. The van der Waals surface area contributed by atoms with E-state index in [0.29, 0.717) is 12.3 Å². The average Bonchev–Trinajstić information content (AvgIpc) is 3.47. The molecule has 1 heterocycles. The van der Waals surface area contributed by atoms with E-state index in [1.165, 1.54) is 17.5 Å². The first-order chi connectivity index (χ1) is 16.9. The number of fused-ring (bicyclic) bond motifs is 2. The fraction of sp³-hybridized carbons (Fsp3) is 0.517. The second-order valence-electron chi connectivity index (χ2n) is 11.0. The molecule has 2 saturated carbocycles. The molecule has 6 nitrogen and oxygen atoms in total. The predicted molar refractivity (Wildman–Crippen MR) is 138 cm³/mol. The minimum absolute atomic E-state index is 0.149. The van der Waals surface area contributed by atoms with E-state index in [1.54, 1.807) is 0 Å². The number of nitriles is 1. The lowest BCUT2D eigenvalue weighted by Gasteiger charge is -2.33. The summed E-state index contributed by atoms with van der Waals surface area (Å²) >= 11 is 0. The maximum absolute atomic E-state index is 12.9. The number of hydrogen-bond donors (Lipinski definition) is 2. The molecule has 2 bridgehead atoms. The quantitative estimate of drug-likeness (QED) is 0.648. The minimum atomic E-state index is -0.793. The number of piperazine rings is 1. The number of nitrogens with zero attached hydrogens (tertiary/aromatic N) is 3. The first kappa shape index (κ1) is 24.0. The van der Waals surface area contributed by atoms with Gasteiger partial charge in [0.1, 0.15) is 6.04 Å². The largest absolute Gasteiger partial charge is 0.338 e. The third-order valence-electron chi connectivity index (χ3n) is 8.46. The van der Waals surface area contributed by atoms with Crippen LogP contribution in [0.15, 0.2) is 48.5 Å². The summed E-state index contributed by atoms with van der Waals surface area (Å²) in [5.41, 5.74) is 10.4. The Morgan fingerprint density at radius 3 is 2.23 bits per heavy atom. The number of hydrogen-bond acceptors (Lipinski definition) is 5. The van der Waals surface area contributed by atoms with Crippen LogP contribution < -0.4 is 11.1 Å². The maximum atomic E-state index is 12.9. The fourth-order valence-electron chi connectivity index (χ4n) is 6.21. The average molecular weight is 472 g/mol. The molecular weight excluding hydrogens is 434 g/mol. The molecule has 0 aromatic heterocycles. The third kappa shape index (κ3) is 5.28. The zero-order valence-corrected chi connectivity index (χ0v) is 20.7. The number of likely N-dealkylation sites (N-methyl/N-ethyl adjacent to an activating group) is 1. The molecule has 1 amide bonds. The van der Waals surface area contributed by atoms with Gasteiger partial charge in [-0.2, -0.15) is 5.26 Å². The normalized spacial score (nSPS) is 27.5. The van der Waals surface area contributed by atoms with Crippen molar-refractivity contribution in [2.75, 3.05) is 33.2 Å². The number of carbonyl (C=O) groups is 1. The molecule has 3 fully saturated rings. The van der Waals surface area contributed by atoms with E-state index in [1.807, 2.05) is 0 Å². The molecule has 6 heteroatoms. The van der Waals surface area contributed by atoms with Crippen LogP contribution in [0.1, 0.15) is 36.8 Å². The Kier molecular flexibility index (Phi) is 6.93. The van der Waals surface area contributed by atoms with Crippen molar-refractivity contribution in [3.05, 3.63) is 59.7 Å². The molecular formula is C29H37N5O. The van der Waals surface area contributed by atoms with Crippen LogP contribution >= 0.6 is 0 Å². The molecule has 2 aliphatic carbocycles. The Balaban J connectivity index is 1.16. The van der Waals surface area contributed by atoms with Gasteiger partial charge in [0.15, 0.2) is 0 Å². The second-order valence-corrected chi connectivity index (χ2v) is 11.0. The van der Waals surface area contributed by atoms with E-state index in [0.717, 1.165) is 63.1 Å². The molecule has 1 aliphatic heterocycles. The lowest BCUT2D eigenvalue weighted by atomic mass is 9.81. The van der Waals surface area contributed by atoms with E-state index < -0.39 is 11.6 Å². The summed E-state index contributed by atoms with van der Waals surface area (Å²) in [6, 6.07) is 18.8. The Hall–Kier alpha value is -2.72. The van der Waals surface area contributed by atoms with Crippen molar-refractivity contribution in [3.8, 4) is 17.2 Å². The molecule has 2 aromatic rings. The van der Waals surface area contributed by atoms with Crippen molar-refractivity contribution in [3.63, 3.8) is 0 Å². The Morgan fingerprint density at radius 1 is 1.06 bits per heavy atom. The van der Waals surface area contributed by atoms with Crippen molar-refractivity contribution in [2.45, 2.75) is 50.2 Å². The first-order valence-corrected chi connectivity index (χ1v) is 13.0.